The largest absolute Gasteiger partial charge is 0.491 e. The van der Waals surface area contributed by atoms with Crippen LogP contribution in [0.2, 0.25) is 0 Å². The van der Waals surface area contributed by atoms with E-state index in [4.69, 9.17) is 4.74 Å². The average Bonchev–Trinajstić information content (AvgIpc) is 3.20. The summed E-state index contributed by atoms with van der Waals surface area (Å²) in [6, 6.07) is 6.55. The van der Waals surface area contributed by atoms with Crippen LogP contribution in [-0.4, -0.2) is 79.6 Å². The molecular formula is C24H33N5O3S. The zero-order valence-electron chi connectivity index (χ0n) is 19.6. The fourth-order valence-electron chi connectivity index (χ4n) is 4.61. The highest BCUT2D eigenvalue weighted by atomic mass is 32.2. The van der Waals surface area contributed by atoms with Crippen molar-refractivity contribution in [2.75, 3.05) is 50.2 Å². The van der Waals surface area contributed by atoms with E-state index in [-0.39, 0.29) is 5.75 Å². The van der Waals surface area contributed by atoms with E-state index in [0.717, 1.165) is 55.9 Å². The number of fused-ring (bicyclic) bond motifs is 1. The predicted molar refractivity (Wildman–Crippen MR) is 132 cm³/mol. The molecule has 9 heteroatoms. The smallest absolute Gasteiger partial charge is 0.179 e. The lowest BCUT2D eigenvalue weighted by atomic mass is 10.0. The molecule has 0 saturated carbocycles. The van der Waals surface area contributed by atoms with Crippen LogP contribution in [0.15, 0.2) is 36.9 Å². The third-order valence-corrected chi connectivity index (χ3v) is 7.32. The van der Waals surface area contributed by atoms with Gasteiger partial charge in [0.15, 0.2) is 11.6 Å². The number of aromatic nitrogens is 3. The minimum atomic E-state index is -2.96. The van der Waals surface area contributed by atoms with Crippen molar-refractivity contribution in [3.63, 3.8) is 0 Å². The van der Waals surface area contributed by atoms with Gasteiger partial charge in [-0.15, -0.1) is 0 Å². The first-order valence-corrected chi connectivity index (χ1v) is 13.5. The van der Waals surface area contributed by atoms with Crippen LogP contribution in [0.4, 0.5) is 5.82 Å². The molecule has 3 heterocycles. The van der Waals surface area contributed by atoms with Crippen molar-refractivity contribution in [2.24, 2.45) is 0 Å². The molecule has 1 aliphatic heterocycles. The molecule has 2 aromatic heterocycles. The summed E-state index contributed by atoms with van der Waals surface area (Å²) in [4.78, 5) is 16.7. The molecule has 33 heavy (non-hydrogen) atoms. The van der Waals surface area contributed by atoms with Crippen LogP contribution in [0, 0.1) is 0 Å². The Bertz CT molecular complexity index is 1190. The molecule has 0 aliphatic carbocycles. The summed E-state index contributed by atoms with van der Waals surface area (Å²) >= 11 is 0. The van der Waals surface area contributed by atoms with E-state index in [1.54, 1.807) is 19.6 Å². The highest BCUT2D eigenvalue weighted by Gasteiger charge is 2.26. The SMILES string of the molecule is COc1cncnc1N1CCN(CCCc2c[nH]c3ccc(CCS(C)(=O)=O)cc23)CC1C. The van der Waals surface area contributed by atoms with Crippen molar-refractivity contribution in [3.8, 4) is 5.75 Å². The molecule has 178 valence electrons. The Kier molecular flexibility index (Phi) is 7.19. The Morgan fingerprint density at radius 2 is 2.09 bits per heavy atom. The van der Waals surface area contributed by atoms with E-state index in [1.807, 2.05) is 6.07 Å². The standard InChI is InChI=1S/C24H33N5O3S/c1-18-16-28(10-11-29(18)24-23(32-2)15-25-17-27-24)9-4-5-20-14-26-22-7-6-19(13-21(20)22)8-12-33(3,30)31/h6-7,13-15,17-18,26H,4-5,8-12,16H2,1-3H3. The minimum Gasteiger partial charge on any atom is -0.491 e. The first-order chi connectivity index (χ1) is 15.8. The van der Waals surface area contributed by atoms with Crippen LogP contribution in [0.1, 0.15) is 24.5 Å². The molecule has 1 aromatic carbocycles. The lowest BCUT2D eigenvalue weighted by Crippen LogP contribution is -2.52. The average molecular weight is 472 g/mol. The molecule has 1 fully saturated rings. The summed E-state index contributed by atoms with van der Waals surface area (Å²) in [6.45, 7) is 6.15. The summed E-state index contributed by atoms with van der Waals surface area (Å²) < 4.78 is 28.5. The molecule has 8 nitrogen and oxygen atoms in total. The normalized spacial score (nSPS) is 17.5. The van der Waals surface area contributed by atoms with Crippen molar-refractivity contribution >= 4 is 26.6 Å². The number of nitrogens with zero attached hydrogens (tertiary/aromatic N) is 4. The number of ether oxygens (including phenoxy) is 1. The molecule has 3 aromatic rings. The fraction of sp³-hybridized carbons (Fsp3) is 0.500. The van der Waals surface area contributed by atoms with Gasteiger partial charge in [-0.1, -0.05) is 6.07 Å². The second-order valence-electron chi connectivity index (χ2n) is 8.94. The zero-order chi connectivity index (χ0) is 23.4. The van der Waals surface area contributed by atoms with Gasteiger partial charge in [0, 0.05) is 49.0 Å². The van der Waals surface area contributed by atoms with Crippen LogP contribution in [-0.2, 0) is 22.7 Å². The van der Waals surface area contributed by atoms with E-state index in [9.17, 15) is 8.42 Å². The van der Waals surface area contributed by atoms with Gasteiger partial charge in [0.05, 0.1) is 19.1 Å². The fourth-order valence-corrected chi connectivity index (χ4v) is 5.21. The molecular weight excluding hydrogens is 438 g/mol. The number of piperazine rings is 1. The van der Waals surface area contributed by atoms with Crippen molar-refractivity contribution in [2.45, 2.75) is 32.2 Å². The maximum Gasteiger partial charge on any atom is 0.179 e. The topological polar surface area (TPSA) is 91.4 Å². The molecule has 0 spiro atoms. The highest BCUT2D eigenvalue weighted by molar-refractivity contribution is 7.90. The van der Waals surface area contributed by atoms with Crippen molar-refractivity contribution in [3.05, 3.63) is 48.0 Å². The van der Waals surface area contributed by atoms with Gasteiger partial charge in [0.2, 0.25) is 0 Å². The summed E-state index contributed by atoms with van der Waals surface area (Å²) in [5, 5.41) is 1.20. The van der Waals surface area contributed by atoms with Gasteiger partial charge in [-0.05, 0) is 56.0 Å². The van der Waals surface area contributed by atoms with E-state index in [1.165, 1.54) is 17.2 Å². The molecule has 0 amide bonds. The number of methoxy groups -OCH3 is 1. The van der Waals surface area contributed by atoms with Crippen LogP contribution in [0.5, 0.6) is 5.75 Å². The zero-order valence-corrected chi connectivity index (χ0v) is 20.4. The number of hydrogen-bond donors (Lipinski definition) is 1. The lowest BCUT2D eigenvalue weighted by Gasteiger charge is -2.40. The maximum atomic E-state index is 11.5. The third-order valence-electron chi connectivity index (χ3n) is 6.38. The number of nitrogens with one attached hydrogen (secondary N) is 1. The van der Waals surface area contributed by atoms with Crippen molar-refractivity contribution < 1.29 is 13.2 Å². The molecule has 1 saturated heterocycles. The molecule has 1 N–H and O–H groups in total. The van der Waals surface area contributed by atoms with Gasteiger partial charge in [0.1, 0.15) is 16.2 Å². The number of sulfone groups is 1. The predicted octanol–water partition coefficient (Wildman–Crippen LogP) is 2.70. The number of rotatable bonds is 9. The Labute approximate surface area is 195 Å². The number of anilines is 1. The van der Waals surface area contributed by atoms with Gasteiger partial charge in [-0.25, -0.2) is 18.4 Å². The number of benzene rings is 1. The van der Waals surface area contributed by atoms with Gasteiger partial charge >= 0.3 is 0 Å². The Hall–Kier alpha value is -2.65. The van der Waals surface area contributed by atoms with Gasteiger partial charge in [0.25, 0.3) is 0 Å². The van der Waals surface area contributed by atoms with Crippen LogP contribution < -0.4 is 9.64 Å². The first-order valence-electron chi connectivity index (χ1n) is 11.4. The van der Waals surface area contributed by atoms with Crippen LogP contribution >= 0.6 is 0 Å². The second-order valence-corrected chi connectivity index (χ2v) is 11.2. The van der Waals surface area contributed by atoms with E-state index < -0.39 is 9.84 Å². The van der Waals surface area contributed by atoms with Crippen molar-refractivity contribution in [1.29, 1.82) is 0 Å². The third kappa shape index (κ3) is 5.83. The summed E-state index contributed by atoms with van der Waals surface area (Å²) in [7, 11) is -1.30. The minimum absolute atomic E-state index is 0.184. The molecule has 0 radical (unpaired) electrons. The van der Waals surface area contributed by atoms with Crippen LogP contribution in [0.25, 0.3) is 10.9 Å². The van der Waals surface area contributed by atoms with Crippen LogP contribution in [0.3, 0.4) is 0 Å². The monoisotopic (exact) mass is 471 g/mol. The Morgan fingerprint density at radius 1 is 1.24 bits per heavy atom. The van der Waals surface area contributed by atoms with E-state index in [2.05, 4.69) is 50.0 Å². The number of aryl methyl sites for hydroxylation is 2. The summed E-state index contributed by atoms with van der Waals surface area (Å²) in [5.74, 6) is 1.77. The maximum absolute atomic E-state index is 11.5. The molecule has 1 unspecified atom stereocenters. The second kappa shape index (κ2) is 10.1. The molecule has 0 bridgehead atoms. The lowest BCUT2D eigenvalue weighted by molar-refractivity contribution is 0.225. The Balaban J connectivity index is 1.32. The summed E-state index contributed by atoms with van der Waals surface area (Å²) in [6.07, 6.45) is 9.29. The number of H-pyrrole nitrogens is 1. The molecule has 1 atom stereocenters. The van der Waals surface area contributed by atoms with E-state index >= 15 is 0 Å². The van der Waals surface area contributed by atoms with Gasteiger partial charge < -0.3 is 14.6 Å². The van der Waals surface area contributed by atoms with Crippen molar-refractivity contribution in [1.82, 2.24) is 19.9 Å². The Morgan fingerprint density at radius 3 is 2.85 bits per heavy atom. The number of aromatic amines is 1. The van der Waals surface area contributed by atoms with Gasteiger partial charge in [-0.2, -0.15) is 0 Å². The number of hydrogen-bond acceptors (Lipinski definition) is 7. The quantitative estimate of drug-likeness (QED) is 0.513. The molecule has 4 rings (SSSR count). The van der Waals surface area contributed by atoms with Gasteiger partial charge in [-0.3, -0.25) is 4.90 Å². The summed E-state index contributed by atoms with van der Waals surface area (Å²) in [5.41, 5.74) is 3.47. The molecule has 1 aliphatic rings. The first kappa shape index (κ1) is 23.5. The highest BCUT2D eigenvalue weighted by Crippen LogP contribution is 2.27. The van der Waals surface area contributed by atoms with E-state index in [0.29, 0.717) is 18.2 Å².